The Kier molecular flexibility index (Phi) is 10.6. The molecule has 2 N–H and O–H groups in total. The Morgan fingerprint density at radius 3 is 2.00 bits per heavy atom. The fourth-order valence-electron chi connectivity index (χ4n) is 5.93. The summed E-state index contributed by atoms with van der Waals surface area (Å²) in [7, 11) is 2.86. The summed E-state index contributed by atoms with van der Waals surface area (Å²) in [4.78, 5) is 51.0. The van der Waals surface area contributed by atoms with Gasteiger partial charge in [-0.15, -0.1) is 0 Å². The number of nitrogens with zero attached hydrogens (tertiary/aromatic N) is 2. The van der Waals surface area contributed by atoms with Gasteiger partial charge in [-0.1, -0.05) is 13.8 Å². The second-order valence-electron chi connectivity index (χ2n) is 11.9. The quantitative estimate of drug-likeness (QED) is 0.282. The van der Waals surface area contributed by atoms with E-state index >= 15 is 4.39 Å². The number of methoxy groups -OCH3 is 2. The zero-order valence-electron chi connectivity index (χ0n) is 27.0. The molecule has 2 aliphatic heterocycles. The van der Waals surface area contributed by atoms with Crippen LogP contribution in [0.2, 0.25) is 0 Å². The third-order valence-corrected chi connectivity index (χ3v) is 8.64. The molecule has 2 heterocycles. The van der Waals surface area contributed by atoms with Crippen LogP contribution >= 0.6 is 0 Å². The number of ether oxygens (including phenoxy) is 4. The van der Waals surface area contributed by atoms with Gasteiger partial charge in [0.2, 0.25) is 11.8 Å². The van der Waals surface area contributed by atoms with E-state index in [1.54, 1.807) is 18.7 Å². The Balaban J connectivity index is 1.39. The van der Waals surface area contributed by atoms with Gasteiger partial charge in [-0.05, 0) is 42.7 Å². The van der Waals surface area contributed by atoms with Crippen molar-refractivity contribution in [1.82, 2.24) is 9.80 Å². The van der Waals surface area contributed by atoms with Crippen molar-refractivity contribution in [2.24, 2.45) is 11.8 Å². The fourth-order valence-corrected chi connectivity index (χ4v) is 5.93. The molecule has 12 nitrogen and oxygen atoms in total. The van der Waals surface area contributed by atoms with E-state index in [9.17, 15) is 24.3 Å². The number of rotatable bonds is 14. The standard InChI is InChI=1S/C33H41FN2O10/c1-17(32(39)40)10-26(37)35-14-21-12-24(43-5)25(13-22(21)15-35)45-8-7-9-46-30-19(3)28-20(4)36(27(38)11-18(2)33(41)42)16-23(28)29(34)31(30)44-6/h12-13,17-18,20H,7-11,14-16H2,1-6H3,(H,39,40)(H,41,42)/t17?,18-,20?/m0/s1. The summed E-state index contributed by atoms with van der Waals surface area (Å²) in [5, 5.41) is 18.4. The lowest BCUT2D eigenvalue weighted by Crippen LogP contribution is -2.31. The molecule has 0 radical (unpaired) electrons. The fraction of sp³-hybridized carbons (Fsp3) is 0.515. The van der Waals surface area contributed by atoms with Gasteiger partial charge in [-0.3, -0.25) is 19.2 Å². The van der Waals surface area contributed by atoms with Gasteiger partial charge >= 0.3 is 11.9 Å². The van der Waals surface area contributed by atoms with Crippen molar-refractivity contribution in [3.05, 3.63) is 45.8 Å². The van der Waals surface area contributed by atoms with Crippen LogP contribution in [0.25, 0.3) is 0 Å². The van der Waals surface area contributed by atoms with Crippen molar-refractivity contribution in [2.75, 3.05) is 27.4 Å². The molecule has 0 bridgehead atoms. The first-order chi connectivity index (χ1) is 21.8. The molecule has 2 unspecified atom stereocenters. The van der Waals surface area contributed by atoms with Gasteiger partial charge in [0.05, 0.1) is 45.3 Å². The third kappa shape index (κ3) is 6.97. The normalized spacial score (nSPS) is 16.4. The lowest BCUT2D eigenvalue weighted by molar-refractivity contribution is -0.146. The predicted molar refractivity (Wildman–Crippen MR) is 162 cm³/mol. The van der Waals surface area contributed by atoms with Crippen LogP contribution in [-0.4, -0.2) is 71.2 Å². The summed E-state index contributed by atoms with van der Waals surface area (Å²) >= 11 is 0. The van der Waals surface area contributed by atoms with Crippen LogP contribution in [-0.2, 0) is 38.8 Å². The average Bonchev–Trinajstić information content (AvgIpc) is 3.59. The topological polar surface area (TPSA) is 152 Å². The van der Waals surface area contributed by atoms with Crippen molar-refractivity contribution in [2.45, 2.75) is 72.6 Å². The van der Waals surface area contributed by atoms with Crippen LogP contribution < -0.4 is 18.9 Å². The number of carbonyl (C=O) groups is 4. The molecule has 4 rings (SSSR count). The maximum Gasteiger partial charge on any atom is 0.306 e. The molecule has 0 saturated heterocycles. The number of benzene rings is 2. The lowest BCUT2D eigenvalue weighted by atomic mass is 9.97. The first-order valence-corrected chi connectivity index (χ1v) is 15.2. The van der Waals surface area contributed by atoms with E-state index in [-0.39, 0.29) is 55.9 Å². The molecule has 250 valence electrons. The molecule has 2 aliphatic rings. The van der Waals surface area contributed by atoms with E-state index < -0.39 is 35.6 Å². The molecule has 0 spiro atoms. The van der Waals surface area contributed by atoms with Crippen molar-refractivity contribution in [3.63, 3.8) is 0 Å². The summed E-state index contributed by atoms with van der Waals surface area (Å²) in [5.41, 5.74) is 3.37. The summed E-state index contributed by atoms with van der Waals surface area (Å²) in [6, 6.07) is 3.15. The highest BCUT2D eigenvalue weighted by atomic mass is 19.1. The Morgan fingerprint density at radius 1 is 0.870 bits per heavy atom. The Labute approximate surface area is 267 Å². The number of hydrogen-bond acceptors (Lipinski definition) is 8. The maximum absolute atomic E-state index is 15.7. The number of fused-ring (bicyclic) bond motifs is 2. The number of halogens is 1. The van der Waals surface area contributed by atoms with Crippen LogP contribution in [0.5, 0.6) is 23.0 Å². The number of amides is 2. The van der Waals surface area contributed by atoms with Gasteiger partial charge < -0.3 is 39.0 Å². The number of carbonyl (C=O) groups excluding carboxylic acids is 2. The highest BCUT2D eigenvalue weighted by Gasteiger charge is 2.38. The van der Waals surface area contributed by atoms with E-state index in [2.05, 4.69) is 0 Å². The van der Waals surface area contributed by atoms with E-state index in [0.29, 0.717) is 47.7 Å². The van der Waals surface area contributed by atoms with Crippen molar-refractivity contribution >= 4 is 23.8 Å². The molecule has 0 aromatic heterocycles. The van der Waals surface area contributed by atoms with Gasteiger partial charge in [-0.25, -0.2) is 4.39 Å². The number of carboxylic acid groups (broad SMARTS) is 2. The predicted octanol–water partition coefficient (Wildman–Crippen LogP) is 4.47. The molecule has 2 aromatic rings. The highest BCUT2D eigenvalue weighted by Crippen LogP contribution is 2.47. The molecule has 13 heteroatoms. The summed E-state index contributed by atoms with van der Waals surface area (Å²) in [6.07, 6.45) is 0.155. The smallest absolute Gasteiger partial charge is 0.306 e. The summed E-state index contributed by atoms with van der Waals surface area (Å²) < 4.78 is 38.6. The van der Waals surface area contributed by atoms with E-state index in [1.807, 2.05) is 12.1 Å². The molecule has 2 amide bonds. The van der Waals surface area contributed by atoms with E-state index in [0.717, 1.165) is 11.1 Å². The molecular weight excluding hydrogens is 603 g/mol. The Morgan fingerprint density at radius 2 is 1.43 bits per heavy atom. The van der Waals surface area contributed by atoms with Crippen LogP contribution in [0.15, 0.2) is 12.1 Å². The highest BCUT2D eigenvalue weighted by molar-refractivity contribution is 5.84. The molecule has 0 saturated carbocycles. The van der Waals surface area contributed by atoms with Gasteiger partial charge in [0.15, 0.2) is 28.8 Å². The van der Waals surface area contributed by atoms with Crippen LogP contribution in [0.3, 0.4) is 0 Å². The first-order valence-electron chi connectivity index (χ1n) is 15.2. The molecule has 3 atom stereocenters. The van der Waals surface area contributed by atoms with Gasteiger partial charge in [-0.2, -0.15) is 0 Å². The first kappa shape index (κ1) is 34.3. The summed E-state index contributed by atoms with van der Waals surface area (Å²) in [5.74, 6) is -3.78. The molecule has 2 aromatic carbocycles. The minimum absolute atomic E-state index is 0.00874. The van der Waals surface area contributed by atoms with Gasteiger partial charge in [0, 0.05) is 50.0 Å². The van der Waals surface area contributed by atoms with Gasteiger partial charge in [0.25, 0.3) is 0 Å². The molecule has 0 fully saturated rings. The van der Waals surface area contributed by atoms with E-state index in [4.69, 9.17) is 24.1 Å². The Bertz CT molecular complexity index is 1530. The second kappa shape index (κ2) is 14.3. The van der Waals surface area contributed by atoms with Crippen LogP contribution in [0.1, 0.15) is 73.9 Å². The SMILES string of the molecule is COc1cc2c(cc1OCCCOc1c(C)c3c(c(F)c1OC)CN(C(=O)C[C@H](C)C(=O)O)C3C)CN(C(=O)CC(C)C(=O)O)C2. The minimum atomic E-state index is -1.07. The molecule has 0 aliphatic carbocycles. The van der Waals surface area contributed by atoms with Crippen molar-refractivity contribution in [3.8, 4) is 23.0 Å². The zero-order chi connectivity index (χ0) is 33.9. The minimum Gasteiger partial charge on any atom is -0.493 e. The molecule has 46 heavy (non-hydrogen) atoms. The lowest BCUT2D eigenvalue weighted by Gasteiger charge is -2.24. The van der Waals surface area contributed by atoms with Crippen LogP contribution in [0, 0.1) is 24.6 Å². The average molecular weight is 645 g/mol. The van der Waals surface area contributed by atoms with Gasteiger partial charge in [0.1, 0.15) is 0 Å². The zero-order valence-corrected chi connectivity index (χ0v) is 27.0. The number of carboxylic acids is 2. The summed E-state index contributed by atoms with van der Waals surface area (Å²) in [6.45, 7) is 7.64. The third-order valence-electron chi connectivity index (χ3n) is 8.64. The Hall–Kier alpha value is -4.55. The number of aliphatic carboxylic acids is 2. The maximum atomic E-state index is 15.7. The van der Waals surface area contributed by atoms with Crippen molar-refractivity contribution in [1.29, 1.82) is 0 Å². The van der Waals surface area contributed by atoms with E-state index in [1.165, 1.54) is 33.0 Å². The van der Waals surface area contributed by atoms with Crippen LogP contribution in [0.4, 0.5) is 4.39 Å². The number of hydrogen-bond donors (Lipinski definition) is 2. The molecular formula is C33H41FN2O10. The van der Waals surface area contributed by atoms with Crippen molar-refractivity contribution < 1.29 is 52.7 Å². The second-order valence-corrected chi connectivity index (χ2v) is 11.9. The monoisotopic (exact) mass is 644 g/mol. The largest absolute Gasteiger partial charge is 0.493 e.